The molecular weight excluding hydrogens is 208 g/mol. The molecule has 0 fully saturated rings. The number of hydrogen-bond donors (Lipinski definition) is 1. The van der Waals surface area contributed by atoms with Gasteiger partial charge in [-0.15, -0.1) is 0 Å². The van der Waals surface area contributed by atoms with Crippen LogP contribution in [0.4, 0.5) is 0 Å². The topological polar surface area (TPSA) is 30.9 Å². The molecular formula is C15H22N2. The van der Waals surface area contributed by atoms with E-state index in [1.165, 1.54) is 33.3 Å². The highest BCUT2D eigenvalue weighted by atomic mass is 15.0. The number of aromatic nitrogens is 1. The molecule has 0 radical (unpaired) electrons. The number of fused-ring (bicyclic) bond motifs is 1. The van der Waals surface area contributed by atoms with Gasteiger partial charge in [0.1, 0.15) is 0 Å². The molecule has 0 saturated carbocycles. The Hall–Kier alpha value is -1.28. The van der Waals surface area contributed by atoms with Crippen molar-refractivity contribution in [2.75, 3.05) is 6.54 Å². The molecule has 0 aliphatic heterocycles. The number of benzene rings is 1. The largest absolute Gasteiger partial charge is 0.347 e. The lowest BCUT2D eigenvalue weighted by atomic mass is 10.0. The summed E-state index contributed by atoms with van der Waals surface area (Å²) in [7, 11) is 2.15. The Labute approximate surface area is 103 Å². The molecule has 0 bridgehead atoms. The zero-order valence-electron chi connectivity index (χ0n) is 11.5. The molecule has 92 valence electrons. The van der Waals surface area contributed by atoms with E-state index in [1.807, 2.05) is 0 Å². The van der Waals surface area contributed by atoms with Gasteiger partial charge in [0.25, 0.3) is 0 Å². The summed E-state index contributed by atoms with van der Waals surface area (Å²) in [6, 6.07) is 4.53. The van der Waals surface area contributed by atoms with E-state index in [9.17, 15) is 0 Å². The lowest BCUT2D eigenvalue weighted by Gasteiger charge is -2.12. The van der Waals surface area contributed by atoms with Gasteiger partial charge in [0, 0.05) is 30.6 Å². The third-order valence-electron chi connectivity index (χ3n) is 3.75. The van der Waals surface area contributed by atoms with Gasteiger partial charge in [-0.2, -0.15) is 0 Å². The van der Waals surface area contributed by atoms with Gasteiger partial charge in [-0.25, -0.2) is 0 Å². The van der Waals surface area contributed by atoms with Crippen molar-refractivity contribution < 1.29 is 0 Å². The van der Waals surface area contributed by atoms with E-state index in [-0.39, 0.29) is 0 Å². The predicted octanol–water partition coefficient (Wildman–Crippen LogP) is 3.17. The van der Waals surface area contributed by atoms with Gasteiger partial charge in [-0.3, -0.25) is 0 Å². The van der Waals surface area contributed by atoms with Crippen molar-refractivity contribution in [2.24, 2.45) is 12.8 Å². The van der Waals surface area contributed by atoms with E-state index in [4.69, 9.17) is 5.73 Å². The summed E-state index contributed by atoms with van der Waals surface area (Å²) in [5.74, 6) is 0.409. The molecule has 0 saturated heterocycles. The third kappa shape index (κ3) is 1.77. The lowest BCUT2D eigenvalue weighted by Crippen LogP contribution is -2.13. The van der Waals surface area contributed by atoms with Gasteiger partial charge in [0.05, 0.1) is 5.52 Å². The van der Waals surface area contributed by atoms with Crippen molar-refractivity contribution in [2.45, 2.75) is 33.6 Å². The van der Waals surface area contributed by atoms with Crippen LogP contribution in [0, 0.1) is 20.8 Å². The molecule has 2 N–H and O–H groups in total. The molecule has 1 aromatic heterocycles. The standard InChI is InChI=1S/C15H22N2/c1-9-6-10(2)15-13(7-9)12(4)14(17(15)5)11(3)8-16/h6-7,11H,8,16H2,1-5H3. The molecule has 1 unspecified atom stereocenters. The number of nitrogens with two attached hydrogens (primary N) is 1. The van der Waals surface area contributed by atoms with Gasteiger partial charge >= 0.3 is 0 Å². The maximum Gasteiger partial charge on any atom is 0.0512 e. The number of rotatable bonds is 2. The van der Waals surface area contributed by atoms with E-state index >= 15 is 0 Å². The molecule has 2 aromatic rings. The first-order valence-electron chi connectivity index (χ1n) is 6.23. The average Bonchev–Trinajstić information content (AvgIpc) is 2.50. The van der Waals surface area contributed by atoms with E-state index < -0.39 is 0 Å². The molecule has 0 aliphatic rings. The maximum atomic E-state index is 5.82. The summed E-state index contributed by atoms with van der Waals surface area (Å²) in [6.45, 7) is 9.45. The van der Waals surface area contributed by atoms with E-state index in [0.29, 0.717) is 12.5 Å². The first-order valence-corrected chi connectivity index (χ1v) is 6.23. The fourth-order valence-corrected chi connectivity index (χ4v) is 3.01. The molecule has 0 spiro atoms. The van der Waals surface area contributed by atoms with Crippen LogP contribution in [-0.2, 0) is 7.05 Å². The van der Waals surface area contributed by atoms with Crippen LogP contribution in [0.15, 0.2) is 12.1 Å². The minimum absolute atomic E-state index is 0.409. The second kappa shape index (κ2) is 4.19. The minimum atomic E-state index is 0.409. The minimum Gasteiger partial charge on any atom is -0.347 e. The Morgan fingerprint density at radius 1 is 1.24 bits per heavy atom. The highest BCUT2D eigenvalue weighted by Gasteiger charge is 2.17. The van der Waals surface area contributed by atoms with Crippen molar-refractivity contribution >= 4 is 10.9 Å². The maximum absolute atomic E-state index is 5.82. The fraction of sp³-hybridized carbons (Fsp3) is 0.467. The van der Waals surface area contributed by atoms with Gasteiger partial charge in [0.2, 0.25) is 0 Å². The van der Waals surface area contributed by atoms with Crippen LogP contribution in [0.25, 0.3) is 10.9 Å². The van der Waals surface area contributed by atoms with Crippen molar-refractivity contribution in [1.82, 2.24) is 4.57 Å². The molecule has 1 heterocycles. The molecule has 0 amide bonds. The third-order valence-corrected chi connectivity index (χ3v) is 3.75. The molecule has 1 atom stereocenters. The van der Waals surface area contributed by atoms with Crippen molar-refractivity contribution in [3.8, 4) is 0 Å². The summed E-state index contributed by atoms with van der Waals surface area (Å²) in [5, 5.41) is 1.38. The van der Waals surface area contributed by atoms with Crippen LogP contribution in [0.2, 0.25) is 0 Å². The number of aryl methyl sites for hydroxylation is 4. The predicted molar refractivity (Wildman–Crippen MR) is 74.6 cm³/mol. The summed E-state index contributed by atoms with van der Waals surface area (Å²) in [6.07, 6.45) is 0. The lowest BCUT2D eigenvalue weighted by molar-refractivity contribution is 0.697. The Kier molecular flexibility index (Phi) is 3.00. The Bertz CT molecular complexity index is 564. The zero-order valence-corrected chi connectivity index (χ0v) is 11.5. The van der Waals surface area contributed by atoms with Gasteiger partial charge in [0.15, 0.2) is 0 Å². The normalized spacial score (nSPS) is 13.3. The Morgan fingerprint density at radius 3 is 2.47 bits per heavy atom. The zero-order chi connectivity index (χ0) is 12.7. The van der Waals surface area contributed by atoms with Crippen LogP contribution in [0.3, 0.4) is 0 Å². The van der Waals surface area contributed by atoms with Crippen molar-refractivity contribution in [3.63, 3.8) is 0 Å². The molecule has 17 heavy (non-hydrogen) atoms. The first kappa shape index (κ1) is 12.2. The molecule has 2 heteroatoms. The van der Waals surface area contributed by atoms with Crippen LogP contribution in [0.5, 0.6) is 0 Å². The van der Waals surface area contributed by atoms with Gasteiger partial charge < -0.3 is 10.3 Å². The van der Waals surface area contributed by atoms with Gasteiger partial charge in [-0.05, 0) is 38.0 Å². The van der Waals surface area contributed by atoms with E-state index in [0.717, 1.165) is 0 Å². The number of hydrogen-bond acceptors (Lipinski definition) is 1. The molecule has 2 rings (SSSR count). The summed E-state index contributed by atoms with van der Waals surface area (Å²) >= 11 is 0. The smallest absolute Gasteiger partial charge is 0.0512 e. The molecule has 1 aromatic carbocycles. The molecule has 0 aliphatic carbocycles. The van der Waals surface area contributed by atoms with Crippen molar-refractivity contribution in [3.05, 3.63) is 34.5 Å². The second-order valence-electron chi connectivity index (χ2n) is 5.18. The van der Waals surface area contributed by atoms with Gasteiger partial charge in [-0.1, -0.05) is 18.6 Å². The van der Waals surface area contributed by atoms with Crippen LogP contribution in [0.1, 0.15) is 35.2 Å². The van der Waals surface area contributed by atoms with Crippen LogP contribution < -0.4 is 5.73 Å². The molecule has 2 nitrogen and oxygen atoms in total. The summed E-state index contributed by atoms with van der Waals surface area (Å²) < 4.78 is 2.32. The highest BCUT2D eigenvalue weighted by molar-refractivity contribution is 5.88. The quantitative estimate of drug-likeness (QED) is 0.844. The summed E-state index contributed by atoms with van der Waals surface area (Å²) in [4.78, 5) is 0. The van der Waals surface area contributed by atoms with E-state index in [2.05, 4.69) is 51.4 Å². The average molecular weight is 230 g/mol. The van der Waals surface area contributed by atoms with Crippen LogP contribution >= 0.6 is 0 Å². The first-order chi connectivity index (χ1) is 7.97. The number of nitrogens with zero attached hydrogens (tertiary/aromatic N) is 1. The van der Waals surface area contributed by atoms with Crippen LogP contribution in [-0.4, -0.2) is 11.1 Å². The van der Waals surface area contributed by atoms with E-state index in [1.54, 1.807) is 0 Å². The second-order valence-corrected chi connectivity index (χ2v) is 5.18. The summed E-state index contributed by atoms with van der Waals surface area (Å²) in [5.41, 5.74) is 12.6. The fourth-order valence-electron chi connectivity index (χ4n) is 3.01. The Balaban J connectivity index is 2.85. The Morgan fingerprint density at radius 2 is 1.88 bits per heavy atom. The van der Waals surface area contributed by atoms with Crippen molar-refractivity contribution in [1.29, 1.82) is 0 Å². The monoisotopic (exact) mass is 230 g/mol. The SMILES string of the molecule is Cc1cc(C)c2c(c1)c(C)c(C(C)CN)n2C. The highest BCUT2D eigenvalue weighted by Crippen LogP contribution is 2.32.